The molecule has 0 aliphatic carbocycles. The van der Waals surface area contributed by atoms with Gasteiger partial charge in [0.15, 0.2) is 6.61 Å². The third-order valence-corrected chi connectivity index (χ3v) is 4.20. The minimum absolute atomic E-state index is 0.102. The monoisotopic (exact) mass is 375 g/mol. The SMILES string of the molecule is N#CCSc1ccccc1NC(=O)COC(=O)c1cc(Cl)ccc1N. The van der Waals surface area contributed by atoms with Gasteiger partial charge in [0, 0.05) is 15.6 Å². The van der Waals surface area contributed by atoms with E-state index in [4.69, 9.17) is 27.3 Å². The number of hydrogen-bond donors (Lipinski definition) is 2. The Balaban J connectivity index is 1.96. The topological polar surface area (TPSA) is 105 Å². The number of hydrogen-bond acceptors (Lipinski definition) is 6. The molecule has 0 aliphatic heterocycles. The van der Waals surface area contributed by atoms with Crippen molar-refractivity contribution in [1.82, 2.24) is 0 Å². The Bertz CT molecular complexity index is 836. The molecular formula is C17H14ClN3O3S. The van der Waals surface area contributed by atoms with Crippen LogP contribution in [0.2, 0.25) is 5.02 Å². The number of para-hydroxylation sites is 1. The fraction of sp³-hybridized carbons (Fsp3) is 0.118. The highest BCUT2D eigenvalue weighted by molar-refractivity contribution is 7.99. The molecule has 0 aliphatic rings. The van der Waals surface area contributed by atoms with E-state index in [0.717, 1.165) is 4.90 Å². The van der Waals surface area contributed by atoms with Crippen LogP contribution in [0.5, 0.6) is 0 Å². The van der Waals surface area contributed by atoms with Gasteiger partial charge in [-0.25, -0.2) is 4.79 Å². The second-order valence-electron chi connectivity index (χ2n) is 4.80. The lowest BCUT2D eigenvalue weighted by Gasteiger charge is -2.10. The highest BCUT2D eigenvalue weighted by Crippen LogP contribution is 2.26. The summed E-state index contributed by atoms with van der Waals surface area (Å²) in [5.41, 5.74) is 6.56. The summed E-state index contributed by atoms with van der Waals surface area (Å²) < 4.78 is 4.97. The van der Waals surface area contributed by atoms with Gasteiger partial charge in [-0.1, -0.05) is 23.7 Å². The summed E-state index contributed by atoms with van der Waals surface area (Å²) in [5, 5.41) is 11.7. The minimum atomic E-state index is -0.734. The van der Waals surface area contributed by atoms with E-state index in [-0.39, 0.29) is 17.0 Å². The van der Waals surface area contributed by atoms with Gasteiger partial charge in [-0.05, 0) is 30.3 Å². The Kier molecular flexibility index (Phi) is 6.69. The van der Waals surface area contributed by atoms with Gasteiger partial charge in [0.2, 0.25) is 0 Å². The molecule has 0 bridgehead atoms. The van der Waals surface area contributed by atoms with Crippen LogP contribution < -0.4 is 11.1 Å². The first-order valence-corrected chi connectivity index (χ1v) is 8.48. The number of nitrogens with two attached hydrogens (primary N) is 1. The van der Waals surface area contributed by atoms with Crippen LogP contribution in [0.15, 0.2) is 47.4 Å². The number of halogens is 1. The van der Waals surface area contributed by atoms with E-state index < -0.39 is 18.5 Å². The van der Waals surface area contributed by atoms with Gasteiger partial charge >= 0.3 is 5.97 Å². The Morgan fingerprint density at radius 3 is 2.80 bits per heavy atom. The molecule has 0 fully saturated rings. The molecule has 3 N–H and O–H groups in total. The summed E-state index contributed by atoms with van der Waals surface area (Å²) in [7, 11) is 0. The van der Waals surface area contributed by atoms with Crippen LogP contribution in [-0.4, -0.2) is 24.2 Å². The molecule has 0 heterocycles. The zero-order chi connectivity index (χ0) is 18.2. The zero-order valence-corrected chi connectivity index (χ0v) is 14.6. The number of thioether (sulfide) groups is 1. The molecule has 0 aromatic heterocycles. The van der Waals surface area contributed by atoms with E-state index in [9.17, 15) is 9.59 Å². The summed E-state index contributed by atoms with van der Waals surface area (Å²) in [6.45, 7) is -0.470. The third kappa shape index (κ3) is 5.41. The summed E-state index contributed by atoms with van der Waals surface area (Å²) >= 11 is 7.12. The molecule has 2 aromatic carbocycles. The quantitative estimate of drug-likeness (QED) is 0.455. The normalized spacial score (nSPS) is 9.92. The number of nitriles is 1. The summed E-state index contributed by atoms with van der Waals surface area (Å²) in [6.07, 6.45) is 0. The Hall–Kier alpha value is -2.69. The van der Waals surface area contributed by atoms with Gasteiger partial charge < -0.3 is 15.8 Å². The molecule has 2 aromatic rings. The van der Waals surface area contributed by atoms with Crippen molar-refractivity contribution in [1.29, 1.82) is 5.26 Å². The first kappa shape index (κ1) is 18.6. The molecule has 0 saturated carbocycles. The summed E-state index contributed by atoms with van der Waals surface area (Å²) in [4.78, 5) is 24.8. The first-order valence-electron chi connectivity index (χ1n) is 7.12. The molecular weight excluding hydrogens is 362 g/mol. The van der Waals surface area contributed by atoms with E-state index in [0.29, 0.717) is 10.7 Å². The number of carbonyl (C=O) groups is 2. The van der Waals surface area contributed by atoms with Crippen molar-refractivity contribution >= 4 is 46.6 Å². The van der Waals surface area contributed by atoms with Crippen molar-refractivity contribution in [2.75, 3.05) is 23.4 Å². The largest absolute Gasteiger partial charge is 0.452 e. The molecule has 2 rings (SSSR count). The molecule has 6 nitrogen and oxygen atoms in total. The third-order valence-electron chi connectivity index (χ3n) is 3.02. The first-order chi connectivity index (χ1) is 12.0. The lowest BCUT2D eigenvalue weighted by molar-refractivity contribution is -0.119. The smallest absolute Gasteiger partial charge is 0.340 e. The summed E-state index contributed by atoms with van der Waals surface area (Å²) in [5.74, 6) is -0.975. The van der Waals surface area contributed by atoms with E-state index in [2.05, 4.69) is 5.32 Å². The van der Waals surface area contributed by atoms with Gasteiger partial charge in [0.05, 0.1) is 23.1 Å². The fourth-order valence-corrected chi connectivity index (χ4v) is 2.75. The van der Waals surface area contributed by atoms with Gasteiger partial charge in [-0.2, -0.15) is 5.26 Å². The average Bonchev–Trinajstić information content (AvgIpc) is 2.61. The predicted octanol–water partition coefficient (Wildman–Crippen LogP) is 3.33. The van der Waals surface area contributed by atoms with Crippen LogP contribution in [0.4, 0.5) is 11.4 Å². The van der Waals surface area contributed by atoms with Gasteiger partial charge in [-0.15, -0.1) is 11.8 Å². The van der Waals surface area contributed by atoms with Crippen molar-refractivity contribution < 1.29 is 14.3 Å². The molecule has 25 heavy (non-hydrogen) atoms. The van der Waals surface area contributed by atoms with Crippen LogP contribution in [0.25, 0.3) is 0 Å². The number of amides is 1. The maximum absolute atomic E-state index is 12.0. The van der Waals surface area contributed by atoms with E-state index in [1.165, 1.54) is 23.9 Å². The lowest BCUT2D eigenvalue weighted by atomic mass is 10.2. The zero-order valence-electron chi connectivity index (χ0n) is 13.0. The maximum atomic E-state index is 12.0. The van der Waals surface area contributed by atoms with Crippen LogP contribution in [0, 0.1) is 11.3 Å². The number of anilines is 2. The van der Waals surface area contributed by atoms with E-state index in [1.54, 1.807) is 30.3 Å². The number of rotatable bonds is 6. The highest BCUT2D eigenvalue weighted by atomic mass is 35.5. The van der Waals surface area contributed by atoms with Crippen molar-refractivity contribution in [3.63, 3.8) is 0 Å². The molecule has 1 amide bonds. The average molecular weight is 376 g/mol. The number of esters is 1. The molecule has 0 radical (unpaired) electrons. The van der Waals surface area contributed by atoms with Crippen molar-refractivity contribution in [3.8, 4) is 6.07 Å². The molecule has 0 atom stereocenters. The molecule has 0 spiro atoms. The Morgan fingerprint density at radius 1 is 1.28 bits per heavy atom. The van der Waals surface area contributed by atoms with Crippen molar-refractivity contribution in [2.24, 2.45) is 0 Å². The Labute approximate surface area is 153 Å². The van der Waals surface area contributed by atoms with Gasteiger partial charge in [0.25, 0.3) is 5.91 Å². The number of benzene rings is 2. The lowest BCUT2D eigenvalue weighted by Crippen LogP contribution is -2.21. The van der Waals surface area contributed by atoms with Crippen LogP contribution in [-0.2, 0) is 9.53 Å². The highest BCUT2D eigenvalue weighted by Gasteiger charge is 2.14. The molecule has 0 saturated heterocycles. The standard InChI is InChI=1S/C17H14ClN3O3S/c18-11-5-6-13(20)12(9-11)17(23)24-10-16(22)21-14-3-1-2-4-15(14)25-8-7-19/h1-6,9H,8,10,20H2,(H,21,22). The van der Waals surface area contributed by atoms with E-state index >= 15 is 0 Å². The van der Waals surface area contributed by atoms with Crippen molar-refractivity contribution in [3.05, 3.63) is 53.1 Å². The van der Waals surface area contributed by atoms with E-state index in [1.807, 2.05) is 6.07 Å². The summed E-state index contributed by atoms with van der Waals surface area (Å²) in [6, 6.07) is 13.5. The Morgan fingerprint density at radius 2 is 2.04 bits per heavy atom. The molecule has 0 unspecified atom stereocenters. The minimum Gasteiger partial charge on any atom is -0.452 e. The number of nitrogens with one attached hydrogen (secondary N) is 1. The molecule has 128 valence electrons. The fourth-order valence-electron chi connectivity index (χ4n) is 1.91. The maximum Gasteiger partial charge on any atom is 0.340 e. The number of carbonyl (C=O) groups excluding carboxylic acids is 2. The van der Waals surface area contributed by atoms with Crippen LogP contribution in [0.1, 0.15) is 10.4 Å². The van der Waals surface area contributed by atoms with Crippen LogP contribution in [0.3, 0.4) is 0 Å². The van der Waals surface area contributed by atoms with Crippen LogP contribution >= 0.6 is 23.4 Å². The van der Waals surface area contributed by atoms with Gasteiger partial charge in [-0.3, -0.25) is 4.79 Å². The second-order valence-corrected chi connectivity index (χ2v) is 6.25. The number of nitrogens with zero attached hydrogens (tertiary/aromatic N) is 1. The number of ether oxygens (including phenoxy) is 1. The predicted molar refractivity (Wildman–Crippen MR) is 97.6 cm³/mol. The van der Waals surface area contributed by atoms with Crippen molar-refractivity contribution in [2.45, 2.75) is 4.90 Å². The van der Waals surface area contributed by atoms with Gasteiger partial charge in [0.1, 0.15) is 0 Å². The number of nitrogen functional groups attached to an aromatic ring is 1. The second kappa shape index (κ2) is 8.97. The molecule has 8 heteroatoms.